The summed E-state index contributed by atoms with van der Waals surface area (Å²) in [5, 5.41) is 3.92. The Morgan fingerprint density at radius 3 is 2.79 bits per heavy atom. The Balaban J connectivity index is 2.75. The van der Waals surface area contributed by atoms with Crippen molar-refractivity contribution in [2.75, 3.05) is 7.11 Å². The molecular formula is C14H19BrClNO2. The summed E-state index contributed by atoms with van der Waals surface area (Å²) in [6, 6.07) is 5.29. The first-order valence-electron chi connectivity index (χ1n) is 6.24. The molecule has 5 heteroatoms. The number of carbonyl (C=O) groups is 1. The van der Waals surface area contributed by atoms with E-state index < -0.39 is 0 Å². The van der Waals surface area contributed by atoms with Crippen LogP contribution in [0.2, 0.25) is 5.02 Å². The van der Waals surface area contributed by atoms with E-state index in [4.69, 9.17) is 16.3 Å². The number of nitrogens with one attached hydrogen (secondary N) is 1. The van der Waals surface area contributed by atoms with Crippen LogP contribution in [0.4, 0.5) is 0 Å². The SMILES string of the molecule is CCC(C)C(NCc1cc(Cl)ccc1Br)C(=O)OC. The summed E-state index contributed by atoms with van der Waals surface area (Å²) >= 11 is 9.45. The molecule has 0 aliphatic heterocycles. The Kier molecular flexibility index (Phi) is 6.83. The zero-order valence-electron chi connectivity index (χ0n) is 11.4. The summed E-state index contributed by atoms with van der Waals surface area (Å²) in [6.45, 7) is 4.64. The number of benzene rings is 1. The third-order valence-corrected chi connectivity index (χ3v) is 4.20. The van der Waals surface area contributed by atoms with E-state index in [2.05, 4.69) is 28.2 Å². The van der Waals surface area contributed by atoms with Crippen LogP contribution in [-0.2, 0) is 16.1 Å². The molecule has 1 N–H and O–H groups in total. The van der Waals surface area contributed by atoms with E-state index in [0.29, 0.717) is 11.6 Å². The van der Waals surface area contributed by atoms with Gasteiger partial charge in [-0.2, -0.15) is 0 Å². The standard InChI is InChI=1S/C14H19BrClNO2/c1-4-9(2)13(14(18)19-3)17-8-10-7-11(16)5-6-12(10)15/h5-7,9,13,17H,4,8H2,1-3H3. The second-order valence-corrected chi connectivity index (χ2v) is 5.79. The number of rotatable bonds is 6. The molecule has 1 aromatic rings. The molecular weight excluding hydrogens is 330 g/mol. The molecule has 1 aromatic carbocycles. The first-order chi connectivity index (χ1) is 8.99. The lowest BCUT2D eigenvalue weighted by Gasteiger charge is -2.22. The van der Waals surface area contributed by atoms with Gasteiger partial charge in [-0.05, 0) is 29.7 Å². The first kappa shape index (κ1) is 16.5. The van der Waals surface area contributed by atoms with Crippen LogP contribution in [0.15, 0.2) is 22.7 Å². The van der Waals surface area contributed by atoms with Crippen LogP contribution in [0.25, 0.3) is 0 Å². The largest absolute Gasteiger partial charge is 0.468 e. The maximum Gasteiger partial charge on any atom is 0.323 e. The summed E-state index contributed by atoms with van der Waals surface area (Å²) in [4.78, 5) is 11.8. The van der Waals surface area contributed by atoms with E-state index in [0.717, 1.165) is 16.5 Å². The van der Waals surface area contributed by atoms with Gasteiger partial charge in [0.1, 0.15) is 6.04 Å². The van der Waals surface area contributed by atoms with E-state index in [-0.39, 0.29) is 17.9 Å². The Labute approximate surface area is 127 Å². The normalized spacial score (nSPS) is 13.9. The first-order valence-corrected chi connectivity index (χ1v) is 7.41. The zero-order valence-corrected chi connectivity index (χ0v) is 13.7. The van der Waals surface area contributed by atoms with Crippen molar-refractivity contribution in [3.63, 3.8) is 0 Å². The molecule has 0 amide bonds. The fourth-order valence-electron chi connectivity index (χ4n) is 1.78. The van der Waals surface area contributed by atoms with Crippen molar-refractivity contribution in [1.29, 1.82) is 0 Å². The summed E-state index contributed by atoms with van der Waals surface area (Å²) in [7, 11) is 1.41. The van der Waals surface area contributed by atoms with E-state index >= 15 is 0 Å². The van der Waals surface area contributed by atoms with Gasteiger partial charge in [0.05, 0.1) is 7.11 Å². The number of esters is 1. The molecule has 0 bridgehead atoms. The summed E-state index contributed by atoms with van der Waals surface area (Å²) in [6.07, 6.45) is 0.906. The molecule has 0 aliphatic carbocycles. The Hall–Kier alpha value is -0.580. The predicted octanol–water partition coefficient (Wildman–Crippen LogP) is 3.78. The molecule has 0 spiro atoms. The predicted molar refractivity (Wildman–Crippen MR) is 81.3 cm³/mol. The minimum Gasteiger partial charge on any atom is -0.468 e. The highest BCUT2D eigenvalue weighted by Gasteiger charge is 2.24. The zero-order chi connectivity index (χ0) is 14.4. The van der Waals surface area contributed by atoms with Crippen LogP contribution in [-0.4, -0.2) is 19.1 Å². The maximum atomic E-state index is 11.8. The second kappa shape index (κ2) is 7.88. The molecule has 106 valence electrons. The van der Waals surface area contributed by atoms with Crippen LogP contribution in [0.5, 0.6) is 0 Å². The average Bonchev–Trinajstić information content (AvgIpc) is 2.41. The molecule has 2 unspecified atom stereocenters. The van der Waals surface area contributed by atoms with Gasteiger partial charge >= 0.3 is 5.97 Å². The smallest absolute Gasteiger partial charge is 0.323 e. The molecule has 0 saturated heterocycles. The van der Waals surface area contributed by atoms with Crippen molar-refractivity contribution in [2.24, 2.45) is 5.92 Å². The average molecular weight is 349 g/mol. The van der Waals surface area contributed by atoms with Crippen molar-refractivity contribution in [2.45, 2.75) is 32.9 Å². The van der Waals surface area contributed by atoms with E-state index in [1.807, 2.05) is 25.1 Å². The summed E-state index contributed by atoms with van der Waals surface area (Å²) in [5.74, 6) is -0.0158. The van der Waals surface area contributed by atoms with E-state index in [1.165, 1.54) is 7.11 Å². The quantitative estimate of drug-likeness (QED) is 0.795. The fraction of sp³-hybridized carbons (Fsp3) is 0.500. The molecule has 0 aliphatic rings. The van der Waals surface area contributed by atoms with Gasteiger partial charge in [0.15, 0.2) is 0 Å². The maximum absolute atomic E-state index is 11.8. The van der Waals surface area contributed by atoms with Gasteiger partial charge in [-0.1, -0.05) is 47.8 Å². The van der Waals surface area contributed by atoms with E-state index in [1.54, 1.807) is 0 Å². The lowest BCUT2D eigenvalue weighted by Crippen LogP contribution is -2.42. The lowest BCUT2D eigenvalue weighted by atomic mass is 9.99. The van der Waals surface area contributed by atoms with Gasteiger partial charge in [-0.25, -0.2) is 0 Å². The third-order valence-electron chi connectivity index (χ3n) is 3.19. The lowest BCUT2D eigenvalue weighted by molar-refractivity contribution is -0.144. The number of hydrogen-bond acceptors (Lipinski definition) is 3. The van der Waals surface area contributed by atoms with Crippen LogP contribution in [0, 0.1) is 5.92 Å². The molecule has 0 aromatic heterocycles. The molecule has 3 nitrogen and oxygen atoms in total. The molecule has 0 radical (unpaired) electrons. The second-order valence-electron chi connectivity index (χ2n) is 4.50. The van der Waals surface area contributed by atoms with Crippen molar-refractivity contribution in [3.05, 3.63) is 33.3 Å². The minimum atomic E-state index is -0.305. The molecule has 2 atom stereocenters. The van der Waals surface area contributed by atoms with Crippen molar-refractivity contribution >= 4 is 33.5 Å². The number of ether oxygens (including phenoxy) is 1. The van der Waals surface area contributed by atoms with Gasteiger partial charge in [0, 0.05) is 16.0 Å². The summed E-state index contributed by atoms with van der Waals surface area (Å²) < 4.78 is 5.81. The Morgan fingerprint density at radius 2 is 2.21 bits per heavy atom. The molecule has 0 fully saturated rings. The number of halogens is 2. The molecule has 0 saturated carbocycles. The Morgan fingerprint density at radius 1 is 1.53 bits per heavy atom. The van der Waals surface area contributed by atoms with Crippen LogP contribution in [0.1, 0.15) is 25.8 Å². The molecule has 1 rings (SSSR count). The van der Waals surface area contributed by atoms with Crippen LogP contribution < -0.4 is 5.32 Å². The fourth-order valence-corrected chi connectivity index (χ4v) is 2.36. The van der Waals surface area contributed by atoms with Crippen molar-refractivity contribution in [1.82, 2.24) is 5.32 Å². The molecule has 19 heavy (non-hydrogen) atoms. The van der Waals surface area contributed by atoms with Gasteiger partial charge in [0.25, 0.3) is 0 Å². The summed E-state index contributed by atoms with van der Waals surface area (Å²) in [5.41, 5.74) is 1.02. The van der Waals surface area contributed by atoms with E-state index in [9.17, 15) is 4.79 Å². The van der Waals surface area contributed by atoms with Crippen molar-refractivity contribution < 1.29 is 9.53 Å². The van der Waals surface area contributed by atoms with Gasteiger partial charge in [-0.15, -0.1) is 0 Å². The highest BCUT2D eigenvalue weighted by atomic mass is 79.9. The van der Waals surface area contributed by atoms with Gasteiger partial charge < -0.3 is 10.1 Å². The molecule has 0 heterocycles. The monoisotopic (exact) mass is 347 g/mol. The Bertz CT molecular complexity index is 439. The van der Waals surface area contributed by atoms with Crippen LogP contribution in [0.3, 0.4) is 0 Å². The topological polar surface area (TPSA) is 38.3 Å². The van der Waals surface area contributed by atoms with Gasteiger partial charge in [0.2, 0.25) is 0 Å². The third kappa shape index (κ3) is 4.79. The highest BCUT2D eigenvalue weighted by Crippen LogP contribution is 2.21. The van der Waals surface area contributed by atoms with Crippen LogP contribution >= 0.6 is 27.5 Å². The number of methoxy groups -OCH3 is 1. The van der Waals surface area contributed by atoms with Crippen molar-refractivity contribution in [3.8, 4) is 0 Å². The minimum absolute atomic E-state index is 0.213. The number of hydrogen-bond donors (Lipinski definition) is 1. The van der Waals surface area contributed by atoms with Gasteiger partial charge in [-0.3, -0.25) is 4.79 Å². The number of carbonyl (C=O) groups excluding carboxylic acids is 1. The highest BCUT2D eigenvalue weighted by molar-refractivity contribution is 9.10.